The Labute approximate surface area is 161 Å². The van der Waals surface area contributed by atoms with Gasteiger partial charge in [0.15, 0.2) is 0 Å². The van der Waals surface area contributed by atoms with Gasteiger partial charge in [-0.1, -0.05) is 54.6 Å². The van der Waals surface area contributed by atoms with Crippen molar-refractivity contribution in [3.8, 4) is 11.3 Å². The molecular weight excluding hydrogens is 330 g/mol. The lowest BCUT2D eigenvalue weighted by Gasteiger charge is -2.05. The van der Waals surface area contributed by atoms with Crippen LogP contribution >= 0.6 is 0 Å². The molecule has 2 heteroatoms. The zero-order valence-electron chi connectivity index (χ0n) is 15.9. The number of aromatic nitrogens is 1. The molecule has 3 aromatic rings. The summed E-state index contributed by atoms with van der Waals surface area (Å²) in [6.07, 6.45) is 9.77. The van der Waals surface area contributed by atoms with E-state index in [1.807, 2.05) is 13.0 Å². The number of aliphatic hydroxyl groups excluding tert-OH is 1. The maximum atomic E-state index is 9.29. The summed E-state index contributed by atoms with van der Waals surface area (Å²) in [5.74, 6) is 0. The second kappa shape index (κ2) is 9.29. The lowest BCUT2D eigenvalue weighted by atomic mass is 10.0. The Hall–Kier alpha value is -2.71. The number of hydrogen-bond donors (Lipinski definition) is 1. The molecule has 27 heavy (non-hydrogen) atoms. The van der Waals surface area contributed by atoms with Gasteiger partial charge in [0.1, 0.15) is 0 Å². The molecule has 0 spiro atoms. The summed E-state index contributed by atoms with van der Waals surface area (Å²) in [5.41, 5.74) is 5.58. The minimum absolute atomic E-state index is 0.211. The van der Waals surface area contributed by atoms with Crippen molar-refractivity contribution in [2.75, 3.05) is 0 Å². The maximum absolute atomic E-state index is 9.29. The Kier molecular flexibility index (Phi) is 6.56. The Morgan fingerprint density at radius 1 is 1.07 bits per heavy atom. The van der Waals surface area contributed by atoms with Crippen LogP contribution in [0.25, 0.3) is 28.2 Å². The van der Waals surface area contributed by atoms with E-state index in [0.717, 1.165) is 47.8 Å². The zero-order valence-corrected chi connectivity index (χ0v) is 15.9. The molecule has 0 radical (unpaired) electrons. The van der Waals surface area contributed by atoms with Crippen molar-refractivity contribution >= 4 is 17.0 Å². The summed E-state index contributed by atoms with van der Waals surface area (Å²) in [5, 5.41) is 10.4. The molecule has 1 atom stereocenters. The van der Waals surface area contributed by atoms with Crippen LogP contribution in [0.1, 0.15) is 37.3 Å². The van der Waals surface area contributed by atoms with Gasteiger partial charge in [0, 0.05) is 10.9 Å². The molecule has 0 amide bonds. The van der Waals surface area contributed by atoms with Crippen molar-refractivity contribution in [2.45, 2.75) is 38.7 Å². The van der Waals surface area contributed by atoms with E-state index < -0.39 is 0 Å². The second-order valence-corrected chi connectivity index (χ2v) is 7.02. The molecule has 0 fully saturated rings. The SMILES string of the molecule is C=CCc1ccc(-c2ccc3cc(C=CCCCC(C)O)ccc3n2)cc1. The van der Waals surface area contributed by atoms with Gasteiger partial charge in [-0.2, -0.15) is 0 Å². The van der Waals surface area contributed by atoms with E-state index in [-0.39, 0.29) is 6.10 Å². The molecule has 0 saturated heterocycles. The molecule has 3 rings (SSSR count). The molecule has 1 unspecified atom stereocenters. The van der Waals surface area contributed by atoms with Crippen LogP contribution in [-0.2, 0) is 6.42 Å². The number of rotatable bonds is 8. The molecule has 138 valence electrons. The van der Waals surface area contributed by atoms with Crippen LogP contribution in [0.3, 0.4) is 0 Å². The van der Waals surface area contributed by atoms with Gasteiger partial charge < -0.3 is 5.11 Å². The topological polar surface area (TPSA) is 33.1 Å². The standard InChI is InChI=1S/C25H27NO/c1-3-7-20-10-13-22(14-11-20)24-17-15-23-18-21(12-16-25(23)26-24)9-6-4-5-8-19(2)27/h3,6,9-19,27H,1,4-5,7-8H2,2H3. The monoisotopic (exact) mass is 357 g/mol. The number of unbranched alkanes of at least 4 members (excludes halogenated alkanes) is 1. The van der Waals surface area contributed by atoms with Crippen LogP contribution in [0.5, 0.6) is 0 Å². The number of aliphatic hydroxyl groups is 1. The van der Waals surface area contributed by atoms with Gasteiger partial charge in [0.2, 0.25) is 0 Å². The van der Waals surface area contributed by atoms with Crippen molar-refractivity contribution in [1.82, 2.24) is 4.98 Å². The molecule has 0 aliphatic rings. The van der Waals surface area contributed by atoms with Crippen molar-refractivity contribution in [1.29, 1.82) is 0 Å². The van der Waals surface area contributed by atoms with Gasteiger partial charge in [0.25, 0.3) is 0 Å². The van der Waals surface area contributed by atoms with Crippen molar-refractivity contribution < 1.29 is 5.11 Å². The van der Waals surface area contributed by atoms with Crippen molar-refractivity contribution in [2.24, 2.45) is 0 Å². The average Bonchev–Trinajstić information content (AvgIpc) is 2.68. The van der Waals surface area contributed by atoms with E-state index >= 15 is 0 Å². The van der Waals surface area contributed by atoms with Gasteiger partial charge >= 0.3 is 0 Å². The largest absolute Gasteiger partial charge is 0.393 e. The van der Waals surface area contributed by atoms with E-state index in [1.165, 1.54) is 11.1 Å². The minimum atomic E-state index is -0.211. The van der Waals surface area contributed by atoms with Crippen molar-refractivity contribution in [3.05, 3.63) is 84.5 Å². The van der Waals surface area contributed by atoms with Crippen LogP contribution in [0.2, 0.25) is 0 Å². The molecule has 1 N–H and O–H groups in total. The predicted octanol–water partition coefficient (Wildman–Crippen LogP) is 6.19. The summed E-state index contributed by atoms with van der Waals surface area (Å²) < 4.78 is 0. The number of hydrogen-bond acceptors (Lipinski definition) is 2. The third-order valence-corrected chi connectivity index (χ3v) is 4.65. The number of nitrogens with zero attached hydrogens (tertiary/aromatic N) is 1. The third-order valence-electron chi connectivity index (χ3n) is 4.65. The van der Waals surface area contributed by atoms with E-state index in [9.17, 15) is 5.11 Å². The van der Waals surface area contributed by atoms with Gasteiger partial charge in [-0.3, -0.25) is 0 Å². The van der Waals surface area contributed by atoms with E-state index in [1.54, 1.807) is 0 Å². The van der Waals surface area contributed by atoms with Gasteiger partial charge in [-0.15, -0.1) is 6.58 Å². The summed E-state index contributed by atoms with van der Waals surface area (Å²) >= 11 is 0. The minimum Gasteiger partial charge on any atom is -0.393 e. The maximum Gasteiger partial charge on any atom is 0.0709 e. The summed E-state index contributed by atoms with van der Waals surface area (Å²) in [6, 6.07) is 19.1. The third kappa shape index (κ3) is 5.38. The van der Waals surface area contributed by atoms with Gasteiger partial charge in [0.05, 0.1) is 17.3 Å². The highest BCUT2D eigenvalue weighted by molar-refractivity contribution is 5.83. The van der Waals surface area contributed by atoms with Crippen molar-refractivity contribution in [3.63, 3.8) is 0 Å². The summed E-state index contributed by atoms with van der Waals surface area (Å²) in [6.45, 7) is 5.62. The molecule has 1 heterocycles. The quantitative estimate of drug-likeness (QED) is 0.385. The lowest BCUT2D eigenvalue weighted by Crippen LogP contribution is -1.97. The zero-order chi connectivity index (χ0) is 19.1. The van der Waals surface area contributed by atoms with Crippen LogP contribution < -0.4 is 0 Å². The smallest absolute Gasteiger partial charge is 0.0709 e. The molecule has 2 nitrogen and oxygen atoms in total. The molecule has 0 saturated carbocycles. The molecule has 1 aromatic heterocycles. The predicted molar refractivity (Wildman–Crippen MR) is 116 cm³/mol. The number of pyridine rings is 1. The molecule has 0 aliphatic heterocycles. The Balaban J connectivity index is 1.73. The number of benzene rings is 2. The molecule has 0 aliphatic carbocycles. The van der Waals surface area contributed by atoms with Gasteiger partial charge in [-0.25, -0.2) is 4.98 Å². The van der Waals surface area contributed by atoms with Crippen LogP contribution in [-0.4, -0.2) is 16.2 Å². The fraction of sp³-hybridized carbons (Fsp3) is 0.240. The van der Waals surface area contributed by atoms with Crippen LogP contribution in [0, 0.1) is 0 Å². The van der Waals surface area contributed by atoms with E-state index in [2.05, 4.69) is 73.3 Å². The van der Waals surface area contributed by atoms with Gasteiger partial charge in [-0.05, 0) is 61.9 Å². The number of fused-ring (bicyclic) bond motifs is 1. The first kappa shape index (κ1) is 19.1. The second-order valence-electron chi connectivity index (χ2n) is 7.02. The highest BCUT2D eigenvalue weighted by Gasteiger charge is 2.02. The normalized spacial score (nSPS) is 12.5. The summed E-state index contributed by atoms with van der Waals surface area (Å²) in [4.78, 5) is 4.82. The molecular formula is C25H27NO. The fourth-order valence-electron chi connectivity index (χ4n) is 3.14. The fourth-order valence-corrected chi connectivity index (χ4v) is 3.14. The first-order chi connectivity index (χ1) is 13.2. The molecule has 0 bridgehead atoms. The van der Waals surface area contributed by atoms with Crippen LogP contribution in [0.15, 0.2) is 73.3 Å². The first-order valence-electron chi connectivity index (χ1n) is 9.61. The first-order valence-corrected chi connectivity index (χ1v) is 9.61. The van der Waals surface area contributed by atoms with Crippen LogP contribution in [0.4, 0.5) is 0 Å². The highest BCUT2D eigenvalue weighted by atomic mass is 16.3. The summed E-state index contributed by atoms with van der Waals surface area (Å²) in [7, 11) is 0. The van der Waals surface area contributed by atoms with E-state index in [4.69, 9.17) is 4.98 Å². The Morgan fingerprint density at radius 2 is 1.89 bits per heavy atom. The number of allylic oxidation sites excluding steroid dienone is 2. The Morgan fingerprint density at radius 3 is 2.63 bits per heavy atom. The highest BCUT2D eigenvalue weighted by Crippen LogP contribution is 2.23. The average molecular weight is 357 g/mol. The van der Waals surface area contributed by atoms with E-state index in [0.29, 0.717) is 0 Å². The Bertz CT molecular complexity index is 923. The lowest BCUT2D eigenvalue weighted by molar-refractivity contribution is 0.182. The molecule has 2 aromatic carbocycles.